The highest BCUT2D eigenvalue weighted by molar-refractivity contribution is 5.96. The van der Waals surface area contributed by atoms with E-state index in [1.807, 2.05) is 30.3 Å². The third-order valence-electron chi connectivity index (χ3n) is 2.92. The molecule has 2 aromatic rings. The predicted molar refractivity (Wildman–Crippen MR) is 81.7 cm³/mol. The number of hydrogen-bond donors (Lipinski definition) is 3. The first-order valence-corrected chi connectivity index (χ1v) is 6.85. The predicted octanol–water partition coefficient (Wildman–Crippen LogP) is 2.40. The molecule has 0 saturated carbocycles. The number of carbonyl (C=O) groups is 2. The number of halogens is 2. The summed E-state index contributed by atoms with van der Waals surface area (Å²) in [6.45, 7) is -0.0922. The van der Waals surface area contributed by atoms with Gasteiger partial charge in [0.1, 0.15) is 11.6 Å². The molecule has 2 rings (SSSR count). The molecule has 7 heteroatoms. The topological polar surface area (TPSA) is 70.2 Å². The van der Waals surface area contributed by atoms with Gasteiger partial charge in [-0.3, -0.25) is 10.1 Å². The molecule has 2 aromatic carbocycles. The highest BCUT2D eigenvalue weighted by atomic mass is 19.1. The zero-order valence-corrected chi connectivity index (χ0v) is 12.1. The Morgan fingerprint density at radius 2 is 1.74 bits per heavy atom. The number of carbonyl (C=O) groups excluding carboxylic acids is 2. The molecule has 0 radical (unpaired) electrons. The fourth-order valence-corrected chi connectivity index (χ4v) is 1.80. The van der Waals surface area contributed by atoms with Crippen molar-refractivity contribution in [2.45, 2.75) is 6.54 Å². The van der Waals surface area contributed by atoms with Gasteiger partial charge in [-0.2, -0.15) is 0 Å². The van der Waals surface area contributed by atoms with Crippen molar-refractivity contribution < 1.29 is 18.4 Å². The fourth-order valence-electron chi connectivity index (χ4n) is 1.80. The summed E-state index contributed by atoms with van der Waals surface area (Å²) in [6.07, 6.45) is 0. The maximum absolute atomic E-state index is 13.4. The Bertz CT molecular complexity index is 693. The lowest BCUT2D eigenvalue weighted by molar-refractivity contribution is -0.118. The summed E-state index contributed by atoms with van der Waals surface area (Å²) < 4.78 is 26.3. The van der Waals surface area contributed by atoms with E-state index in [9.17, 15) is 18.4 Å². The zero-order valence-electron chi connectivity index (χ0n) is 12.1. The second-order valence-electron chi connectivity index (χ2n) is 4.69. The van der Waals surface area contributed by atoms with Crippen LogP contribution in [0.3, 0.4) is 0 Å². The molecule has 120 valence electrons. The average Bonchev–Trinajstić information content (AvgIpc) is 2.55. The van der Waals surface area contributed by atoms with Crippen molar-refractivity contribution in [1.29, 1.82) is 0 Å². The van der Waals surface area contributed by atoms with E-state index >= 15 is 0 Å². The molecule has 0 aliphatic rings. The molecule has 0 bridgehead atoms. The fraction of sp³-hybridized carbons (Fsp3) is 0.125. The molecular weight excluding hydrogens is 304 g/mol. The number of urea groups is 1. The molecule has 0 spiro atoms. The van der Waals surface area contributed by atoms with Crippen LogP contribution in [0.1, 0.15) is 5.56 Å². The number of hydrogen-bond acceptors (Lipinski definition) is 3. The van der Waals surface area contributed by atoms with Gasteiger partial charge < -0.3 is 10.6 Å². The standard InChI is InChI=1S/C16H15F2N3O2/c17-12-6-7-13(18)14(8-12)19-10-15(22)21-16(23)20-9-11-4-2-1-3-5-11/h1-8,19H,9-10H2,(H2,20,21,22,23). The van der Waals surface area contributed by atoms with E-state index in [1.54, 1.807) is 0 Å². The molecule has 0 heterocycles. The number of anilines is 1. The van der Waals surface area contributed by atoms with Gasteiger partial charge in [-0.1, -0.05) is 30.3 Å². The van der Waals surface area contributed by atoms with Gasteiger partial charge >= 0.3 is 6.03 Å². The van der Waals surface area contributed by atoms with E-state index < -0.39 is 23.6 Å². The highest BCUT2D eigenvalue weighted by Gasteiger charge is 2.09. The summed E-state index contributed by atoms with van der Waals surface area (Å²) in [4.78, 5) is 23.1. The number of benzene rings is 2. The Labute approximate surface area is 131 Å². The van der Waals surface area contributed by atoms with Crippen molar-refractivity contribution in [2.24, 2.45) is 0 Å². The van der Waals surface area contributed by atoms with Gasteiger partial charge in [0.25, 0.3) is 0 Å². The maximum Gasteiger partial charge on any atom is 0.321 e. The smallest absolute Gasteiger partial charge is 0.321 e. The minimum Gasteiger partial charge on any atom is -0.374 e. The van der Waals surface area contributed by atoms with Gasteiger partial charge in [0.2, 0.25) is 5.91 Å². The van der Waals surface area contributed by atoms with Crippen molar-refractivity contribution in [3.8, 4) is 0 Å². The van der Waals surface area contributed by atoms with Crippen LogP contribution in [0.25, 0.3) is 0 Å². The minimum absolute atomic E-state index is 0.148. The van der Waals surface area contributed by atoms with Gasteiger partial charge in [0, 0.05) is 6.54 Å². The van der Waals surface area contributed by atoms with Gasteiger partial charge in [0.15, 0.2) is 0 Å². The lowest BCUT2D eigenvalue weighted by Gasteiger charge is -2.09. The Hall–Kier alpha value is -2.96. The van der Waals surface area contributed by atoms with Crippen LogP contribution in [-0.4, -0.2) is 18.5 Å². The van der Waals surface area contributed by atoms with Gasteiger partial charge in [0.05, 0.1) is 12.2 Å². The first kappa shape index (κ1) is 16.4. The summed E-state index contributed by atoms with van der Waals surface area (Å²) in [7, 11) is 0. The third kappa shape index (κ3) is 5.39. The van der Waals surface area contributed by atoms with Gasteiger partial charge in [-0.05, 0) is 23.8 Å². The summed E-state index contributed by atoms with van der Waals surface area (Å²) in [6, 6.07) is 11.4. The van der Waals surface area contributed by atoms with E-state index in [-0.39, 0.29) is 18.8 Å². The van der Waals surface area contributed by atoms with E-state index in [4.69, 9.17) is 0 Å². The van der Waals surface area contributed by atoms with E-state index in [1.165, 1.54) is 0 Å². The monoisotopic (exact) mass is 319 g/mol. The summed E-state index contributed by atoms with van der Waals surface area (Å²) in [5.74, 6) is -1.98. The summed E-state index contributed by atoms with van der Waals surface area (Å²) in [5, 5.41) is 7.03. The van der Waals surface area contributed by atoms with Crippen LogP contribution < -0.4 is 16.0 Å². The largest absolute Gasteiger partial charge is 0.374 e. The zero-order chi connectivity index (χ0) is 16.7. The van der Waals surface area contributed by atoms with E-state index in [2.05, 4.69) is 16.0 Å². The van der Waals surface area contributed by atoms with Crippen molar-refractivity contribution in [3.63, 3.8) is 0 Å². The van der Waals surface area contributed by atoms with Crippen LogP contribution >= 0.6 is 0 Å². The van der Waals surface area contributed by atoms with Crippen LogP contribution in [0.15, 0.2) is 48.5 Å². The molecule has 0 saturated heterocycles. The lowest BCUT2D eigenvalue weighted by atomic mass is 10.2. The molecule has 0 aliphatic heterocycles. The van der Waals surface area contributed by atoms with Crippen molar-refractivity contribution in [2.75, 3.05) is 11.9 Å². The summed E-state index contributed by atoms with van der Waals surface area (Å²) >= 11 is 0. The van der Waals surface area contributed by atoms with Gasteiger partial charge in [-0.25, -0.2) is 13.6 Å². The minimum atomic E-state index is -0.687. The normalized spacial score (nSPS) is 10.0. The molecule has 0 atom stereocenters. The molecule has 0 aliphatic carbocycles. The van der Waals surface area contributed by atoms with Crippen molar-refractivity contribution in [3.05, 3.63) is 65.7 Å². The van der Waals surface area contributed by atoms with Gasteiger partial charge in [-0.15, -0.1) is 0 Å². The number of amides is 3. The Balaban J connectivity index is 1.76. The quantitative estimate of drug-likeness (QED) is 0.792. The molecule has 5 nitrogen and oxygen atoms in total. The van der Waals surface area contributed by atoms with Crippen molar-refractivity contribution >= 4 is 17.6 Å². The molecule has 0 unspecified atom stereocenters. The summed E-state index contributed by atoms with van der Waals surface area (Å²) in [5.41, 5.74) is 0.736. The third-order valence-corrected chi connectivity index (χ3v) is 2.92. The molecule has 3 N–H and O–H groups in total. The lowest BCUT2D eigenvalue weighted by Crippen LogP contribution is -2.41. The molecule has 0 fully saturated rings. The van der Waals surface area contributed by atoms with Crippen LogP contribution in [0.5, 0.6) is 0 Å². The molecule has 0 aromatic heterocycles. The van der Waals surface area contributed by atoms with Crippen LogP contribution in [0, 0.1) is 11.6 Å². The Morgan fingerprint density at radius 1 is 1.00 bits per heavy atom. The second-order valence-corrected chi connectivity index (χ2v) is 4.69. The van der Waals surface area contributed by atoms with Crippen LogP contribution in [0.4, 0.5) is 19.3 Å². The second kappa shape index (κ2) is 7.88. The Kier molecular flexibility index (Phi) is 5.62. The highest BCUT2D eigenvalue weighted by Crippen LogP contribution is 2.14. The molecule has 23 heavy (non-hydrogen) atoms. The molecule has 3 amide bonds. The number of rotatable bonds is 5. The average molecular weight is 319 g/mol. The van der Waals surface area contributed by atoms with Crippen LogP contribution in [-0.2, 0) is 11.3 Å². The first-order chi connectivity index (χ1) is 11.0. The molecular formula is C16H15F2N3O2. The van der Waals surface area contributed by atoms with E-state index in [0.717, 1.165) is 23.8 Å². The number of nitrogens with one attached hydrogen (secondary N) is 3. The van der Waals surface area contributed by atoms with E-state index in [0.29, 0.717) is 0 Å². The SMILES string of the molecule is O=C(CNc1cc(F)ccc1F)NC(=O)NCc1ccccc1. The Morgan fingerprint density at radius 3 is 2.48 bits per heavy atom. The van der Waals surface area contributed by atoms with Crippen molar-refractivity contribution in [1.82, 2.24) is 10.6 Å². The van der Waals surface area contributed by atoms with Crippen LogP contribution in [0.2, 0.25) is 0 Å². The first-order valence-electron chi connectivity index (χ1n) is 6.85. The maximum atomic E-state index is 13.4. The number of imide groups is 1.